The lowest BCUT2D eigenvalue weighted by molar-refractivity contribution is 0.248. The molecule has 1 saturated heterocycles. The Hall–Kier alpha value is -1.06. The minimum atomic E-state index is 0.626. The second-order valence-electron chi connectivity index (χ2n) is 5.83. The lowest BCUT2D eigenvalue weighted by Crippen LogP contribution is -2.35. The molecule has 20 heavy (non-hydrogen) atoms. The first-order valence-corrected chi connectivity index (χ1v) is 7.90. The molecule has 0 saturated carbocycles. The number of hydrogen-bond acceptors (Lipinski definition) is 3. The van der Waals surface area contributed by atoms with E-state index in [1.807, 2.05) is 6.07 Å². The van der Waals surface area contributed by atoms with Gasteiger partial charge in [-0.15, -0.1) is 0 Å². The molecule has 1 aliphatic rings. The van der Waals surface area contributed by atoms with Crippen LogP contribution in [-0.2, 0) is 0 Å². The van der Waals surface area contributed by atoms with Gasteiger partial charge in [-0.25, -0.2) is 0 Å². The van der Waals surface area contributed by atoms with Gasteiger partial charge in [0.05, 0.1) is 6.61 Å². The summed E-state index contributed by atoms with van der Waals surface area (Å²) in [5.41, 5.74) is 1.22. The first-order chi connectivity index (χ1) is 9.75. The van der Waals surface area contributed by atoms with Crippen molar-refractivity contribution < 1.29 is 4.74 Å². The molecule has 1 aromatic carbocycles. The molecule has 1 N–H and O–H groups in total. The highest BCUT2D eigenvalue weighted by molar-refractivity contribution is 5.31. The first kappa shape index (κ1) is 15.3. The van der Waals surface area contributed by atoms with Crippen molar-refractivity contribution in [2.45, 2.75) is 39.2 Å². The Balaban J connectivity index is 1.60. The molecule has 112 valence electrons. The van der Waals surface area contributed by atoms with Crippen LogP contribution in [0.25, 0.3) is 0 Å². The molecule has 1 heterocycles. The summed E-state index contributed by atoms with van der Waals surface area (Å²) < 4.78 is 5.84. The predicted octanol–water partition coefficient (Wildman–Crippen LogP) is 2.84. The highest BCUT2D eigenvalue weighted by Gasteiger charge is 2.13. The van der Waals surface area contributed by atoms with Gasteiger partial charge < -0.3 is 15.0 Å². The molecule has 0 aliphatic carbocycles. The smallest absolute Gasteiger partial charge is 0.122 e. The normalized spacial score (nSPS) is 20.6. The number of para-hydroxylation sites is 1. The van der Waals surface area contributed by atoms with Crippen molar-refractivity contribution in [3.8, 4) is 5.75 Å². The number of nitrogens with zero attached hydrogens (tertiary/aromatic N) is 1. The van der Waals surface area contributed by atoms with Gasteiger partial charge in [-0.1, -0.05) is 18.2 Å². The van der Waals surface area contributed by atoms with Gasteiger partial charge in [0, 0.05) is 12.6 Å². The molecule has 0 amide bonds. The van der Waals surface area contributed by atoms with Gasteiger partial charge in [0.1, 0.15) is 5.75 Å². The molecule has 0 spiro atoms. The van der Waals surface area contributed by atoms with Crippen LogP contribution in [0.3, 0.4) is 0 Å². The number of nitrogens with one attached hydrogen (secondary N) is 1. The van der Waals surface area contributed by atoms with E-state index in [0.29, 0.717) is 6.04 Å². The molecule has 1 unspecified atom stereocenters. The Morgan fingerprint density at radius 3 is 3.00 bits per heavy atom. The number of ether oxygens (including phenoxy) is 1. The van der Waals surface area contributed by atoms with E-state index in [0.717, 1.165) is 25.3 Å². The van der Waals surface area contributed by atoms with Crippen LogP contribution in [0.1, 0.15) is 31.7 Å². The topological polar surface area (TPSA) is 24.5 Å². The van der Waals surface area contributed by atoms with E-state index in [9.17, 15) is 0 Å². The van der Waals surface area contributed by atoms with Crippen LogP contribution < -0.4 is 10.1 Å². The van der Waals surface area contributed by atoms with E-state index >= 15 is 0 Å². The highest BCUT2D eigenvalue weighted by Crippen LogP contribution is 2.16. The third-order valence-corrected chi connectivity index (χ3v) is 3.90. The van der Waals surface area contributed by atoms with E-state index in [2.05, 4.69) is 42.3 Å². The summed E-state index contributed by atoms with van der Waals surface area (Å²) in [6, 6.07) is 8.86. The van der Waals surface area contributed by atoms with E-state index in [1.165, 1.54) is 38.0 Å². The van der Waals surface area contributed by atoms with Crippen LogP contribution in [0.2, 0.25) is 0 Å². The first-order valence-electron chi connectivity index (χ1n) is 7.90. The number of benzene rings is 1. The van der Waals surface area contributed by atoms with Gasteiger partial charge in [-0.3, -0.25) is 0 Å². The van der Waals surface area contributed by atoms with Gasteiger partial charge in [0.2, 0.25) is 0 Å². The Kier molecular flexibility index (Phi) is 6.34. The molecule has 0 bridgehead atoms. The average Bonchev–Trinajstić information content (AvgIpc) is 2.65. The monoisotopic (exact) mass is 276 g/mol. The summed E-state index contributed by atoms with van der Waals surface area (Å²) in [7, 11) is 0. The average molecular weight is 276 g/mol. The van der Waals surface area contributed by atoms with Crippen LogP contribution in [-0.4, -0.2) is 43.7 Å². The Labute approximate surface area is 123 Å². The van der Waals surface area contributed by atoms with Crippen molar-refractivity contribution in [3.05, 3.63) is 29.8 Å². The molecule has 3 nitrogen and oxygen atoms in total. The fourth-order valence-electron chi connectivity index (χ4n) is 2.74. The summed E-state index contributed by atoms with van der Waals surface area (Å²) in [5.74, 6) is 1.03. The molecule has 1 fully saturated rings. The number of hydrogen-bond donors (Lipinski definition) is 1. The minimum absolute atomic E-state index is 0.626. The number of aryl methyl sites for hydroxylation is 1. The fourth-order valence-corrected chi connectivity index (χ4v) is 2.74. The zero-order valence-corrected chi connectivity index (χ0v) is 12.9. The van der Waals surface area contributed by atoms with Crippen molar-refractivity contribution in [2.24, 2.45) is 0 Å². The highest BCUT2D eigenvalue weighted by atomic mass is 16.5. The quantitative estimate of drug-likeness (QED) is 0.809. The second-order valence-corrected chi connectivity index (χ2v) is 5.83. The molecule has 1 aromatic rings. The molecular formula is C17H28N2O. The SMILES string of the molecule is Cc1ccccc1OCCCCN1CCCNC(C)C1. The maximum absolute atomic E-state index is 5.84. The van der Waals surface area contributed by atoms with E-state index in [4.69, 9.17) is 4.74 Å². The Bertz CT molecular complexity index is 394. The summed E-state index contributed by atoms with van der Waals surface area (Å²) in [6.45, 7) is 9.97. The maximum Gasteiger partial charge on any atom is 0.122 e. The number of unbranched alkanes of at least 4 members (excludes halogenated alkanes) is 1. The third kappa shape index (κ3) is 5.14. The Morgan fingerprint density at radius 1 is 1.30 bits per heavy atom. The molecule has 1 aliphatic heterocycles. The van der Waals surface area contributed by atoms with Crippen LogP contribution in [0.15, 0.2) is 24.3 Å². The fraction of sp³-hybridized carbons (Fsp3) is 0.647. The van der Waals surface area contributed by atoms with Crippen LogP contribution in [0, 0.1) is 6.92 Å². The molecule has 0 aromatic heterocycles. The largest absolute Gasteiger partial charge is 0.493 e. The van der Waals surface area contributed by atoms with Gasteiger partial charge in [0.15, 0.2) is 0 Å². The van der Waals surface area contributed by atoms with Crippen LogP contribution in [0.4, 0.5) is 0 Å². The molecular weight excluding hydrogens is 248 g/mol. The van der Waals surface area contributed by atoms with Crippen molar-refractivity contribution >= 4 is 0 Å². The minimum Gasteiger partial charge on any atom is -0.493 e. The second kappa shape index (κ2) is 8.28. The lowest BCUT2D eigenvalue weighted by atomic mass is 10.2. The van der Waals surface area contributed by atoms with E-state index in [1.54, 1.807) is 0 Å². The summed E-state index contributed by atoms with van der Waals surface area (Å²) in [4.78, 5) is 2.58. The lowest BCUT2D eigenvalue weighted by Gasteiger charge is -2.22. The Morgan fingerprint density at radius 2 is 2.15 bits per heavy atom. The summed E-state index contributed by atoms with van der Waals surface area (Å²) >= 11 is 0. The van der Waals surface area contributed by atoms with Crippen molar-refractivity contribution in [1.82, 2.24) is 10.2 Å². The van der Waals surface area contributed by atoms with Crippen molar-refractivity contribution in [1.29, 1.82) is 0 Å². The van der Waals surface area contributed by atoms with Gasteiger partial charge in [-0.05, 0) is 64.4 Å². The number of rotatable bonds is 6. The third-order valence-electron chi connectivity index (χ3n) is 3.90. The summed E-state index contributed by atoms with van der Waals surface area (Å²) in [5, 5.41) is 3.54. The van der Waals surface area contributed by atoms with Crippen LogP contribution >= 0.6 is 0 Å². The summed E-state index contributed by atoms with van der Waals surface area (Å²) in [6.07, 6.45) is 3.62. The standard InChI is InChI=1S/C17H28N2O/c1-15-8-3-4-9-17(15)20-13-6-5-11-19-12-7-10-18-16(2)14-19/h3-4,8-9,16,18H,5-7,10-14H2,1-2H3. The predicted molar refractivity (Wildman–Crippen MR) is 84.4 cm³/mol. The van der Waals surface area contributed by atoms with Gasteiger partial charge in [0.25, 0.3) is 0 Å². The van der Waals surface area contributed by atoms with Gasteiger partial charge >= 0.3 is 0 Å². The van der Waals surface area contributed by atoms with Gasteiger partial charge in [-0.2, -0.15) is 0 Å². The molecule has 3 heteroatoms. The zero-order chi connectivity index (χ0) is 14.2. The zero-order valence-electron chi connectivity index (χ0n) is 12.9. The molecule has 0 radical (unpaired) electrons. The van der Waals surface area contributed by atoms with E-state index in [-0.39, 0.29) is 0 Å². The molecule has 1 atom stereocenters. The van der Waals surface area contributed by atoms with Crippen LogP contribution in [0.5, 0.6) is 5.75 Å². The van der Waals surface area contributed by atoms with Crippen molar-refractivity contribution in [3.63, 3.8) is 0 Å². The van der Waals surface area contributed by atoms with Crippen molar-refractivity contribution in [2.75, 3.05) is 32.8 Å². The van der Waals surface area contributed by atoms with E-state index < -0.39 is 0 Å². The maximum atomic E-state index is 5.84. The molecule has 2 rings (SSSR count).